The highest BCUT2D eigenvalue weighted by Gasteiger charge is 2.11. The summed E-state index contributed by atoms with van der Waals surface area (Å²) in [5.74, 6) is 0. The van der Waals surface area contributed by atoms with Gasteiger partial charge in [-0.25, -0.2) is 4.98 Å². The second kappa shape index (κ2) is 7.36. The summed E-state index contributed by atoms with van der Waals surface area (Å²) in [4.78, 5) is 8.61. The van der Waals surface area contributed by atoms with Crippen LogP contribution in [0.3, 0.4) is 0 Å². The predicted molar refractivity (Wildman–Crippen MR) is 80.6 cm³/mol. The van der Waals surface area contributed by atoms with Crippen molar-refractivity contribution < 1.29 is 0 Å². The molecule has 0 bridgehead atoms. The Kier molecular flexibility index (Phi) is 5.48. The molecule has 0 saturated carbocycles. The molecule has 0 aromatic carbocycles. The molecular weight excluding hydrogens is 254 g/mol. The zero-order chi connectivity index (χ0) is 13.5. The fourth-order valence-corrected chi connectivity index (χ4v) is 3.02. The average molecular weight is 275 g/mol. The maximum atomic E-state index is 4.56. The van der Waals surface area contributed by atoms with E-state index in [1.807, 2.05) is 12.4 Å². The summed E-state index contributed by atoms with van der Waals surface area (Å²) in [5.41, 5.74) is 2.48. The fourth-order valence-electron chi connectivity index (χ4n) is 2.16. The molecule has 2 rings (SSSR count). The van der Waals surface area contributed by atoms with Gasteiger partial charge in [-0.2, -0.15) is 0 Å². The lowest BCUT2D eigenvalue weighted by molar-refractivity contribution is 0.490. The van der Waals surface area contributed by atoms with E-state index in [4.69, 9.17) is 0 Å². The van der Waals surface area contributed by atoms with Gasteiger partial charge in [0.25, 0.3) is 0 Å². The van der Waals surface area contributed by atoms with Gasteiger partial charge < -0.3 is 5.32 Å². The van der Waals surface area contributed by atoms with Crippen molar-refractivity contribution in [3.05, 3.63) is 46.2 Å². The van der Waals surface area contributed by atoms with E-state index in [-0.39, 0.29) is 0 Å². The summed E-state index contributed by atoms with van der Waals surface area (Å²) in [7, 11) is 0. The summed E-state index contributed by atoms with van der Waals surface area (Å²) in [6.07, 6.45) is 6.97. The molecule has 19 heavy (non-hydrogen) atoms. The Morgan fingerprint density at radius 3 is 2.74 bits per heavy atom. The van der Waals surface area contributed by atoms with E-state index in [1.54, 1.807) is 11.3 Å². The molecule has 102 valence electrons. The van der Waals surface area contributed by atoms with Gasteiger partial charge in [0.15, 0.2) is 0 Å². The number of nitrogens with one attached hydrogen (secondary N) is 1. The van der Waals surface area contributed by atoms with Crippen LogP contribution in [-0.4, -0.2) is 22.6 Å². The number of pyridine rings is 1. The number of hydrogen-bond donors (Lipinski definition) is 1. The topological polar surface area (TPSA) is 37.8 Å². The van der Waals surface area contributed by atoms with Crippen LogP contribution in [0.2, 0.25) is 0 Å². The van der Waals surface area contributed by atoms with Gasteiger partial charge in [0.1, 0.15) is 0 Å². The molecule has 4 heteroatoms. The number of aryl methyl sites for hydroxylation is 2. The van der Waals surface area contributed by atoms with Gasteiger partial charge in [-0.15, -0.1) is 11.3 Å². The van der Waals surface area contributed by atoms with E-state index in [2.05, 4.69) is 46.6 Å². The van der Waals surface area contributed by atoms with Crippen LogP contribution in [0.1, 0.15) is 29.6 Å². The summed E-state index contributed by atoms with van der Waals surface area (Å²) < 4.78 is 0. The third-order valence-electron chi connectivity index (χ3n) is 3.11. The van der Waals surface area contributed by atoms with Gasteiger partial charge in [0.2, 0.25) is 0 Å². The minimum atomic E-state index is 0.503. The minimum absolute atomic E-state index is 0.503. The summed E-state index contributed by atoms with van der Waals surface area (Å²) >= 11 is 1.76. The Morgan fingerprint density at radius 1 is 1.32 bits per heavy atom. The van der Waals surface area contributed by atoms with Crippen molar-refractivity contribution in [2.24, 2.45) is 0 Å². The molecule has 0 amide bonds. The SMILES string of the molecule is CCNC(CCc1ccncc1)Cc1nc(C)cs1. The number of hydrogen-bond acceptors (Lipinski definition) is 4. The van der Waals surface area contributed by atoms with Crippen molar-refractivity contribution in [1.29, 1.82) is 0 Å². The zero-order valence-electron chi connectivity index (χ0n) is 11.6. The number of aromatic nitrogens is 2. The molecule has 0 aliphatic carbocycles. The van der Waals surface area contributed by atoms with Crippen LogP contribution < -0.4 is 5.32 Å². The fraction of sp³-hybridized carbons (Fsp3) is 0.467. The van der Waals surface area contributed by atoms with Crippen LogP contribution in [0.4, 0.5) is 0 Å². The highest BCUT2D eigenvalue weighted by molar-refractivity contribution is 7.09. The molecule has 0 spiro atoms. The normalized spacial score (nSPS) is 12.5. The van der Waals surface area contributed by atoms with Gasteiger partial charge in [-0.3, -0.25) is 4.98 Å². The number of likely N-dealkylation sites (N-methyl/N-ethyl adjacent to an activating group) is 1. The smallest absolute Gasteiger partial charge is 0.0943 e. The lowest BCUT2D eigenvalue weighted by Crippen LogP contribution is -2.31. The van der Waals surface area contributed by atoms with E-state index in [0.717, 1.165) is 31.5 Å². The standard InChI is InChI=1S/C15H21N3S/c1-3-17-14(10-15-18-12(2)11-19-15)5-4-13-6-8-16-9-7-13/h6-9,11,14,17H,3-5,10H2,1-2H3. The first-order chi connectivity index (χ1) is 9.28. The molecule has 2 aromatic heterocycles. The Balaban J connectivity index is 1.89. The summed E-state index contributed by atoms with van der Waals surface area (Å²) in [6.45, 7) is 5.22. The van der Waals surface area contributed by atoms with E-state index in [0.29, 0.717) is 6.04 Å². The maximum absolute atomic E-state index is 4.56. The first kappa shape index (κ1) is 14.2. The van der Waals surface area contributed by atoms with Crippen molar-refractivity contribution in [3.8, 4) is 0 Å². The molecule has 0 fully saturated rings. The van der Waals surface area contributed by atoms with Crippen LogP contribution in [0, 0.1) is 6.92 Å². The second-order valence-electron chi connectivity index (χ2n) is 4.74. The van der Waals surface area contributed by atoms with Crippen molar-refractivity contribution in [3.63, 3.8) is 0 Å². The predicted octanol–water partition coefficient (Wildman–Crippen LogP) is 3.00. The molecule has 0 radical (unpaired) electrons. The molecular formula is C15H21N3S. The molecule has 1 N–H and O–H groups in total. The maximum Gasteiger partial charge on any atom is 0.0943 e. The average Bonchev–Trinajstić information content (AvgIpc) is 2.83. The highest BCUT2D eigenvalue weighted by atomic mass is 32.1. The highest BCUT2D eigenvalue weighted by Crippen LogP contribution is 2.14. The quantitative estimate of drug-likeness (QED) is 0.844. The molecule has 0 saturated heterocycles. The number of thiazole rings is 1. The second-order valence-corrected chi connectivity index (χ2v) is 5.68. The first-order valence-corrected chi connectivity index (χ1v) is 7.69. The number of nitrogens with zero attached hydrogens (tertiary/aromatic N) is 2. The van der Waals surface area contributed by atoms with Crippen molar-refractivity contribution in [2.45, 2.75) is 39.2 Å². The van der Waals surface area contributed by atoms with Crippen molar-refractivity contribution in [1.82, 2.24) is 15.3 Å². The van der Waals surface area contributed by atoms with Crippen LogP contribution in [0.25, 0.3) is 0 Å². The number of rotatable bonds is 7. The Hall–Kier alpha value is -1.26. The van der Waals surface area contributed by atoms with Crippen LogP contribution >= 0.6 is 11.3 Å². The molecule has 0 aliphatic rings. The monoisotopic (exact) mass is 275 g/mol. The van der Waals surface area contributed by atoms with E-state index in [9.17, 15) is 0 Å². The Morgan fingerprint density at radius 2 is 2.11 bits per heavy atom. The summed E-state index contributed by atoms with van der Waals surface area (Å²) in [6, 6.07) is 4.69. The van der Waals surface area contributed by atoms with Crippen LogP contribution in [0.15, 0.2) is 29.9 Å². The van der Waals surface area contributed by atoms with Gasteiger partial charge in [0, 0.05) is 35.9 Å². The van der Waals surface area contributed by atoms with Crippen LogP contribution in [0.5, 0.6) is 0 Å². The van der Waals surface area contributed by atoms with E-state index < -0.39 is 0 Å². The van der Waals surface area contributed by atoms with Gasteiger partial charge in [-0.1, -0.05) is 6.92 Å². The molecule has 1 atom stereocenters. The first-order valence-electron chi connectivity index (χ1n) is 6.81. The zero-order valence-corrected chi connectivity index (χ0v) is 12.4. The Labute approximate surface area is 119 Å². The molecule has 3 nitrogen and oxygen atoms in total. The molecule has 1 unspecified atom stereocenters. The van der Waals surface area contributed by atoms with Crippen LogP contribution in [-0.2, 0) is 12.8 Å². The van der Waals surface area contributed by atoms with E-state index >= 15 is 0 Å². The van der Waals surface area contributed by atoms with Crippen molar-refractivity contribution in [2.75, 3.05) is 6.54 Å². The molecule has 2 aromatic rings. The van der Waals surface area contributed by atoms with Gasteiger partial charge in [0.05, 0.1) is 5.01 Å². The largest absolute Gasteiger partial charge is 0.314 e. The molecule has 0 aliphatic heterocycles. The lowest BCUT2D eigenvalue weighted by atomic mass is 10.0. The lowest BCUT2D eigenvalue weighted by Gasteiger charge is -2.16. The molecule has 2 heterocycles. The van der Waals surface area contributed by atoms with E-state index in [1.165, 1.54) is 10.6 Å². The third-order valence-corrected chi connectivity index (χ3v) is 4.10. The minimum Gasteiger partial charge on any atom is -0.314 e. The van der Waals surface area contributed by atoms with Crippen molar-refractivity contribution >= 4 is 11.3 Å². The third kappa shape index (κ3) is 4.73. The summed E-state index contributed by atoms with van der Waals surface area (Å²) in [5, 5.41) is 6.92. The van der Waals surface area contributed by atoms with Gasteiger partial charge in [-0.05, 0) is 44.0 Å². The van der Waals surface area contributed by atoms with Gasteiger partial charge >= 0.3 is 0 Å². The Bertz CT molecular complexity index is 481.